The van der Waals surface area contributed by atoms with Crippen molar-refractivity contribution in [2.24, 2.45) is 0 Å². The molecule has 2 aromatic rings. The van der Waals surface area contributed by atoms with Gasteiger partial charge >= 0.3 is 0 Å². The highest BCUT2D eigenvalue weighted by Crippen LogP contribution is 2.39. The molecule has 30 heavy (non-hydrogen) atoms. The molecule has 2 aliphatic heterocycles. The molecule has 1 amide bonds. The van der Waals surface area contributed by atoms with E-state index in [1.165, 1.54) is 0 Å². The zero-order chi connectivity index (χ0) is 21.1. The van der Waals surface area contributed by atoms with Crippen LogP contribution in [-0.4, -0.2) is 66.0 Å². The van der Waals surface area contributed by atoms with Crippen molar-refractivity contribution in [1.82, 2.24) is 9.80 Å². The maximum Gasteiger partial charge on any atom is 0.295 e. The van der Waals surface area contributed by atoms with Crippen LogP contribution in [0.25, 0.3) is 5.76 Å². The topological polar surface area (TPSA) is 70.1 Å². The van der Waals surface area contributed by atoms with E-state index in [9.17, 15) is 14.7 Å². The molecule has 156 valence electrons. The maximum absolute atomic E-state index is 13.0. The van der Waals surface area contributed by atoms with Crippen molar-refractivity contribution < 1.29 is 19.4 Å². The van der Waals surface area contributed by atoms with Gasteiger partial charge in [0.1, 0.15) is 5.76 Å². The molecule has 4 rings (SSSR count). The summed E-state index contributed by atoms with van der Waals surface area (Å²) in [6.45, 7) is 5.99. The van der Waals surface area contributed by atoms with Crippen LogP contribution in [-0.2, 0) is 14.3 Å². The summed E-state index contributed by atoms with van der Waals surface area (Å²) >= 11 is 0. The van der Waals surface area contributed by atoms with Crippen LogP contribution in [0.3, 0.4) is 0 Å². The van der Waals surface area contributed by atoms with Crippen LogP contribution in [0.4, 0.5) is 0 Å². The van der Waals surface area contributed by atoms with Gasteiger partial charge in [-0.15, -0.1) is 0 Å². The molecule has 2 aromatic carbocycles. The molecule has 0 aromatic heterocycles. The number of aliphatic hydroxyl groups is 1. The lowest BCUT2D eigenvalue weighted by atomic mass is 9.95. The number of likely N-dealkylation sites (tertiary alicyclic amines) is 1. The van der Waals surface area contributed by atoms with Crippen LogP contribution in [0.2, 0.25) is 0 Å². The van der Waals surface area contributed by atoms with Gasteiger partial charge < -0.3 is 14.7 Å². The molecule has 2 fully saturated rings. The quantitative estimate of drug-likeness (QED) is 0.470. The predicted octanol–water partition coefficient (Wildman–Crippen LogP) is 2.75. The number of aryl methyl sites for hydroxylation is 1. The summed E-state index contributed by atoms with van der Waals surface area (Å²) in [5.74, 6) is -1.33. The zero-order valence-corrected chi connectivity index (χ0v) is 17.1. The molecule has 0 spiro atoms. The van der Waals surface area contributed by atoms with E-state index in [0.29, 0.717) is 31.9 Å². The summed E-state index contributed by atoms with van der Waals surface area (Å²) in [4.78, 5) is 29.8. The summed E-state index contributed by atoms with van der Waals surface area (Å²) in [5.41, 5.74) is 2.55. The van der Waals surface area contributed by atoms with E-state index in [0.717, 1.165) is 24.2 Å². The normalized spacial score (nSPS) is 21.9. The number of nitrogens with zero attached hydrogens (tertiary/aromatic N) is 2. The number of Topliss-reactive ketones (excluding diaryl/α,β-unsaturated/α-hetero) is 1. The zero-order valence-electron chi connectivity index (χ0n) is 17.1. The van der Waals surface area contributed by atoms with Gasteiger partial charge in [-0.2, -0.15) is 0 Å². The molecular formula is C24H26N2O4. The Bertz CT molecular complexity index is 947. The first-order chi connectivity index (χ1) is 14.6. The lowest BCUT2D eigenvalue weighted by Crippen LogP contribution is -2.42. The number of hydrogen-bond donors (Lipinski definition) is 1. The number of aliphatic hydroxyl groups excluding tert-OH is 1. The van der Waals surface area contributed by atoms with Crippen molar-refractivity contribution in [1.29, 1.82) is 0 Å². The van der Waals surface area contributed by atoms with Gasteiger partial charge in [-0.1, -0.05) is 60.2 Å². The van der Waals surface area contributed by atoms with Crippen molar-refractivity contribution in [3.8, 4) is 0 Å². The molecule has 0 aliphatic carbocycles. The first kappa shape index (κ1) is 20.3. The van der Waals surface area contributed by atoms with Gasteiger partial charge in [-0.25, -0.2) is 0 Å². The number of ketones is 1. The molecule has 6 heteroatoms. The Morgan fingerprint density at radius 3 is 2.33 bits per heavy atom. The third-order valence-corrected chi connectivity index (χ3v) is 5.74. The molecule has 2 saturated heterocycles. The fraction of sp³-hybridized carbons (Fsp3) is 0.333. The fourth-order valence-electron chi connectivity index (χ4n) is 4.03. The Morgan fingerprint density at radius 1 is 1.00 bits per heavy atom. The van der Waals surface area contributed by atoms with Crippen LogP contribution in [0.5, 0.6) is 0 Å². The molecule has 1 atom stereocenters. The van der Waals surface area contributed by atoms with Gasteiger partial charge in [0.05, 0.1) is 24.8 Å². The Kier molecular flexibility index (Phi) is 5.97. The minimum atomic E-state index is -0.635. The van der Waals surface area contributed by atoms with Crippen LogP contribution in [0, 0.1) is 6.92 Å². The fourth-order valence-corrected chi connectivity index (χ4v) is 4.03. The van der Waals surface area contributed by atoms with E-state index >= 15 is 0 Å². The summed E-state index contributed by atoms with van der Waals surface area (Å²) < 4.78 is 5.39. The Morgan fingerprint density at radius 2 is 1.67 bits per heavy atom. The number of morpholine rings is 1. The van der Waals surface area contributed by atoms with E-state index in [4.69, 9.17) is 4.74 Å². The maximum atomic E-state index is 13.0. The number of amides is 1. The molecule has 0 radical (unpaired) electrons. The first-order valence-corrected chi connectivity index (χ1v) is 10.3. The SMILES string of the molecule is Cc1ccc(/C(O)=C2\C(=O)C(=O)N(CCN3CCOCC3)C2c2ccccc2)cc1. The van der Waals surface area contributed by atoms with E-state index in [2.05, 4.69) is 4.90 Å². The van der Waals surface area contributed by atoms with Crippen molar-refractivity contribution in [3.63, 3.8) is 0 Å². The number of rotatable bonds is 5. The lowest BCUT2D eigenvalue weighted by Gasteiger charge is -2.31. The van der Waals surface area contributed by atoms with Crippen LogP contribution in [0.15, 0.2) is 60.2 Å². The molecule has 0 bridgehead atoms. The van der Waals surface area contributed by atoms with Gasteiger partial charge in [0.15, 0.2) is 0 Å². The van der Waals surface area contributed by atoms with Crippen molar-refractivity contribution >= 4 is 17.4 Å². The Labute approximate surface area is 176 Å². The number of benzene rings is 2. The minimum Gasteiger partial charge on any atom is -0.507 e. The molecule has 6 nitrogen and oxygen atoms in total. The second-order valence-corrected chi connectivity index (χ2v) is 7.72. The average Bonchev–Trinajstić information content (AvgIpc) is 3.04. The third-order valence-electron chi connectivity index (χ3n) is 5.74. The molecular weight excluding hydrogens is 380 g/mol. The highest BCUT2D eigenvalue weighted by molar-refractivity contribution is 6.46. The predicted molar refractivity (Wildman–Crippen MR) is 114 cm³/mol. The Balaban J connectivity index is 1.71. The first-order valence-electron chi connectivity index (χ1n) is 10.3. The van der Waals surface area contributed by atoms with Crippen LogP contribution < -0.4 is 0 Å². The summed E-state index contributed by atoms with van der Waals surface area (Å²) in [7, 11) is 0. The summed E-state index contributed by atoms with van der Waals surface area (Å²) in [6, 6.07) is 16.1. The number of carbonyl (C=O) groups excluding carboxylic acids is 2. The van der Waals surface area contributed by atoms with Crippen molar-refractivity contribution in [2.45, 2.75) is 13.0 Å². The molecule has 1 N–H and O–H groups in total. The molecule has 2 heterocycles. The highest BCUT2D eigenvalue weighted by atomic mass is 16.5. The minimum absolute atomic E-state index is 0.129. The molecule has 2 aliphatic rings. The van der Waals surface area contributed by atoms with E-state index in [-0.39, 0.29) is 11.3 Å². The second-order valence-electron chi connectivity index (χ2n) is 7.72. The average molecular weight is 406 g/mol. The van der Waals surface area contributed by atoms with E-state index in [1.807, 2.05) is 49.4 Å². The number of ether oxygens (including phenoxy) is 1. The van der Waals surface area contributed by atoms with Gasteiger partial charge in [0.25, 0.3) is 11.7 Å². The molecule has 0 saturated carbocycles. The summed E-state index contributed by atoms with van der Waals surface area (Å²) in [5, 5.41) is 11.0. The van der Waals surface area contributed by atoms with Crippen molar-refractivity contribution in [3.05, 3.63) is 76.9 Å². The van der Waals surface area contributed by atoms with Crippen molar-refractivity contribution in [2.75, 3.05) is 39.4 Å². The van der Waals surface area contributed by atoms with Crippen LogP contribution in [0.1, 0.15) is 22.7 Å². The summed E-state index contributed by atoms with van der Waals surface area (Å²) in [6.07, 6.45) is 0. The van der Waals surface area contributed by atoms with Gasteiger partial charge in [0, 0.05) is 31.7 Å². The van der Waals surface area contributed by atoms with Gasteiger partial charge in [-0.3, -0.25) is 14.5 Å². The van der Waals surface area contributed by atoms with E-state index < -0.39 is 17.7 Å². The lowest BCUT2D eigenvalue weighted by molar-refractivity contribution is -0.140. The third kappa shape index (κ3) is 4.01. The van der Waals surface area contributed by atoms with Crippen LogP contribution >= 0.6 is 0 Å². The highest BCUT2D eigenvalue weighted by Gasteiger charge is 2.45. The van der Waals surface area contributed by atoms with E-state index in [1.54, 1.807) is 17.0 Å². The molecule has 1 unspecified atom stereocenters. The number of hydrogen-bond acceptors (Lipinski definition) is 5. The standard InChI is InChI=1S/C24H26N2O4/c1-17-7-9-19(10-8-17)22(27)20-21(18-5-3-2-4-6-18)26(24(29)23(20)28)12-11-25-13-15-30-16-14-25/h2-10,21,27H,11-16H2,1H3/b22-20+. The van der Waals surface area contributed by atoms with Gasteiger partial charge in [-0.05, 0) is 12.5 Å². The van der Waals surface area contributed by atoms with Gasteiger partial charge in [0.2, 0.25) is 0 Å². The largest absolute Gasteiger partial charge is 0.507 e. The second kappa shape index (κ2) is 8.81. The smallest absolute Gasteiger partial charge is 0.295 e. The monoisotopic (exact) mass is 406 g/mol. The number of carbonyl (C=O) groups is 2. The Hall–Kier alpha value is -2.96.